The Kier molecular flexibility index (Phi) is 12.5. The summed E-state index contributed by atoms with van der Waals surface area (Å²) in [7, 11) is 0. The van der Waals surface area contributed by atoms with Crippen molar-refractivity contribution in [2.45, 2.75) is 76.6 Å². The molecular weight excluding hydrogens is 663 g/mol. The molecule has 0 saturated carbocycles. The molecule has 2 N–H and O–H groups in total. The molecule has 5 unspecified atom stereocenters. The van der Waals surface area contributed by atoms with Crippen molar-refractivity contribution in [3.63, 3.8) is 0 Å². The monoisotopic (exact) mass is 714 g/mol. The Labute approximate surface area is 299 Å². The highest BCUT2D eigenvalue weighted by atomic mass is 35.5. The molecule has 1 saturated heterocycles. The highest BCUT2D eigenvalue weighted by Gasteiger charge is 2.36. The Morgan fingerprint density at radius 1 is 1.16 bits per heavy atom. The van der Waals surface area contributed by atoms with Crippen molar-refractivity contribution in [1.29, 1.82) is 0 Å². The van der Waals surface area contributed by atoms with E-state index in [0.29, 0.717) is 55.5 Å². The van der Waals surface area contributed by atoms with Crippen LogP contribution >= 0.6 is 11.6 Å². The van der Waals surface area contributed by atoms with Gasteiger partial charge in [0, 0.05) is 63.7 Å². The van der Waals surface area contributed by atoms with Gasteiger partial charge in [0.15, 0.2) is 0 Å². The molecule has 4 heterocycles. The second-order valence-corrected chi connectivity index (χ2v) is 16.1. The van der Waals surface area contributed by atoms with Crippen LogP contribution in [0.5, 0.6) is 5.75 Å². The minimum atomic E-state index is -1.53. The number of hydrogen-bond donors (Lipinski definition) is 2. The number of halogens is 2. The van der Waals surface area contributed by atoms with Crippen LogP contribution < -0.4 is 19.7 Å². The lowest BCUT2D eigenvalue weighted by atomic mass is 9.76. The molecule has 49 heavy (non-hydrogen) atoms. The predicted octanol–water partition coefficient (Wildman–Crippen LogP) is 6.25. The van der Waals surface area contributed by atoms with Gasteiger partial charge in [-0.1, -0.05) is 50.4 Å². The van der Waals surface area contributed by atoms with Crippen molar-refractivity contribution in [1.82, 2.24) is 14.9 Å². The van der Waals surface area contributed by atoms with E-state index in [1.165, 1.54) is 5.57 Å². The first-order valence-corrected chi connectivity index (χ1v) is 19.8. The average molecular weight is 715 g/mol. The minimum Gasteiger partial charge on any atom is -0.593 e. The first kappa shape index (κ1) is 36.5. The third kappa shape index (κ3) is 8.59. The molecule has 0 spiro atoms. The summed E-state index contributed by atoms with van der Waals surface area (Å²) in [5.41, 5.74) is 4.16. The zero-order valence-electron chi connectivity index (χ0n) is 29.1. The van der Waals surface area contributed by atoms with Crippen LogP contribution in [0.4, 0.5) is 10.1 Å². The maximum Gasteiger partial charge on any atom is 0.292 e. The number of allylic oxidation sites excluding steroid dienone is 1. The van der Waals surface area contributed by atoms with Crippen molar-refractivity contribution in [2.75, 3.05) is 63.9 Å². The molecule has 0 radical (unpaired) electrons. The number of ether oxygens (including phenoxy) is 2. The summed E-state index contributed by atoms with van der Waals surface area (Å²) in [4.78, 5) is 18.2. The van der Waals surface area contributed by atoms with Crippen LogP contribution in [-0.4, -0.2) is 85.7 Å². The fraction of sp³-hybridized carbons (Fsp3) is 0.605. The predicted molar refractivity (Wildman–Crippen MR) is 196 cm³/mol. The number of carbonyl (C=O) groups excluding carboxylic acids is 1. The first-order chi connectivity index (χ1) is 23.7. The molecule has 4 aliphatic heterocycles. The lowest BCUT2D eigenvalue weighted by Crippen LogP contribution is -2.45. The van der Waals surface area contributed by atoms with E-state index in [2.05, 4.69) is 32.8 Å². The molecule has 1 amide bonds. The van der Waals surface area contributed by atoms with Crippen LogP contribution in [0.2, 0.25) is 5.02 Å². The highest BCUT2D eigenvalue weighted by Crippen LogP contribution is 2.41. The quantitative estimate of drug-likeness (QED) is 0.247. The topological polar surface area (TPSA) is 89.1 Å². The molecule has 0 aromatic heterocycles. The van der Waals surface area contributed by atoms with Crippen LogP contribution in [0.15, 0.2) is 42.0 Å². The Morgan fingerprint density at radius 3 is 2.71 bits per heavy atom. The van der Waals surface area contributed by atoms with Gasteiger partial charge in [-0.15, -0.1) is 0 Å². The molecule has 2 aromatic rings. The average Bonchev–Trinajstić information content (AvgIpc) is 3.27. The molecular formula is C38H52ClFN4O4S. The number of benzene rings is 2. The second-order valence-electron chi connectivity index (χ2n) is 14.1. The summed E-state index contributed by atoms with van der Waals surface area (Å²) in [6.07, 6.45) is 7.26. The minimum absolute atomic E-state index is 0.0175. The van der Waals surface area contributed by atoms with Gasteiger partial charge in [0.25, 0.3) is 5.91 Å². The van der Waals surface area contributed by atoms with Crippen molar-refractivity contribution in [3.05, 3.63) is 69.5 Å². The zero-order chi connectivity index (χ0) is 34.5. The number of carbonyl (C=O) groups is 1. The number of fused-ring (bicyclic) bond motifs is 7. The third-order valence-electron chi connectivity index (χ3n) is 10.8. The Morgan fingerprint density at radius 2 is 1.96 bits per heavy atom. The van der Waals surface area contributed by atoms with Gasteiger partial charge < -0.3 is 24.2 Å². The number of nitrogens with zero attached hydrogens (tertiary/aromatic N) is 2. The summed E-state index contributed by atoms with van der Waals surface area (Å²) in [5.74, 6) is 0.467. The lowest BCUT2D eigenvalue weighted by molar-refractivity contribution is 0.0132. The van der Waals surface area contributed by atoms with Crippen molar-refractivity contribution in [3.8, 4) is 5.75 Å². The molecule has 11 heteroatoms. The van der Waals surface area contributed by atoms with Gasteiger partial charge in [0.2, 0.25) is 0 Å². The Balaban J connectivity index is 1.32. The summed E-state index contributed by atoms with van der Waals surface area (Å²) in [6, 6.07) is 9.03. The van der Waals surface area contributed by atoms with Crippen LogP contribution in [0, 0.1) is 17.7 Å². The number of nitrogens with one attached hydrogen (secondary N) is 2. The lowest BCUT2D eigenvalue weighted by Gasteiger charge is -2.38. The van der Waals surface area contributed by atoms with E-state index in [1.807, 2.05) is 32.0 Å². The molecule has 7 rings (SSSR count). The fourth-order valence-electron chi connectivity index (χ4n) is 7.91. The van der Waals surface area contributed by atoms with Crippen molar-refractivity contribution in [2.24, 2.45) is 11.8 Å². The zero-order valence-corrected chi connectivity index (χ0v) is 30.7. The van der Waals surface area contributed by atoms with E-state index >= 15 is 4.39 Å². The van der Waals surface area contributed by atoms with Gasteiger partial charge in [-0.05, 0) is 79.0 Å². The standard InChI is InChI=1S/C38H52ClFN4O4S/c1-4-6-32-31(8-9-33(39)36(32)40)30-23-44-14-11-27(5-2)37(47-18-17-43-15-12-41-13-16-43)29-20-26(21-29)19-25(3)49(46)42-38(45)28-7-10-35(48-24-30)34(44)22-28/h7-10,20,22,25-27,30,37,41H,4-6,11-19,21,23-24H2,1-3H3,(H,42,45)/t25?,26-,27?,30?,37?,49?/m0/s1. The van der Waals surface area contributed by atoms with Gasteiger partial charge in [0.1, 0.15) is 16.8 Å². The van der Waals surface area contributed by atoms with Crippen molar-refractivity contribution < 1.29 is 23.2 Å². The van der Waals surface area contributed by atoms with E-state index in [-0.39, 0.29) is 39.9 Å². The number of amides is 1. The molecule has 2 aromatic carbocycles. The fourth-order valence-corrected chi connectivity index (χ4v) is 9.01. The van der Waals surface area contributed by atoms with Gasteiger partial charge in [-0.25, -0.2) is 4.39 Å². The van der Waals surface area contributed by atoms with Crippen molar-refractivity contribution >= 4 is 34.6 Å². The molecule has 5 aliphatic rings. The number of piperazine rings is 1. The van der Waals surface area contributed by atoms with Gasteiger partial charge >= 0.3 is 0 Å². The largest absolute Gasteiger partial charge is 0.593 e. The third-order valence-corrected chi connectivity index (χ3v) is 12.4. The van der Waals surface area contributed by atoms with E-state index in [9.17, 15) is 9.35 Å². The summed E-state index contributed by atoms with van der Waals surface area (Å²) in [5, 5.41) is 3.38. The molecule has 8 nitrogen and oxygen atoms in total. The maximum absolute atomic E-state index is 15.4. The summed E-state index contributed by atoms with van der Waals surface area (Å²) in [6.45, 7) is 13.6. The first-order valence-electron chi connectivity index (χ1n) is 18.2. The number of anilines is 1. The molecule has 1 fully saturated rings. The Bertz CT molecular complexity index is 1490. The molecule has 4 bridgehead atoms. The smallest absolute Gasteiger partial charge is 0.292 e. The summed E-state index contributed by atoms with van der Waals surface area (Å²) < 4.78 is 44.7. The van der Waals surface area contributed by atoms with E-state index < -0.39 is 11.4 Å². The summed E-state index contributed by atoms with van der Waals surface area (Å²) >= 11 is 4.73. The van der Waals surface area contributed by atoms with Crippen LogP contribution in [0.3, 0.4) is 0 Å². The number of rotatable bonds is 8. The van der Waals surface area contributed by atoms with Gasteiger partial charge in [0.05, 0.1) is 41.4 Å². The van der Waals surface area contributed by atoms with E-state index in [0.717, 1.165) is 76.1 Å². The molecule has 1 aliphatic carbocycles. The van der Waals surface area contributed by atoms with Crippen LogP contribution in [0.1, 0.15) is 80.3 Å². The van der Waals surface area contributed by atoms with Crippen LogP contribution in [-0.2, 0) is 22.5 Å². The van der Waals surface area contributed by atoms with Crippen LogP contribution in [0.25, 0.3) is 0 Å². The second kappa shape index (κ2) is 16.8. The molecule has 268 valence electrons. The van der Waals surface area contributed by atoms with Gasteiger partial charge in [-0.3, -0.25) is 9.69 Å². The van der Waals surface area contributed by atoms with E-state index in [1.54, 1.807) is 12.1 Å². The van der Waals surface area contributed by atoms with E-state index in [4.69, 9.17) is 21.1 Å². The Hall–Kier alpha value is -2.34. The highest BCUT2D eigenvalue weighted by molar-refractivity contribution is 7.90. The maximum atomic E-state index is 15.4. The molecule has 6 atom stereocenters. The normalized spacial score (nSPS) is 28.2. The number of hydrogen-bond acceptors (Lipinski definition) is 7. The SMILES string of the molecule is CCCc1c(C2COc3ccc4cc3N(CCC(CC)C(OCCN3CCNCC3)C3=C[C@@H](C3)CC(C)[S+]([O-])NC4=O)C2)ccc(Cl)c1F. The van der Waals surface area contributed by atoms with Gasteiger partial charge in [-0.2, -0.15) is 4.72 Å².